The summed E-state index contributed by atoms with van der Waals surface area (Å²) in [5.74, 6) is 1.07. The van der Waals surface area contributed by atoms with E-state index in [0.717, 1.165) is 12.8 Å². The number of nitrogens with one attached hydrogen (secondary N) is 1. The minimum atomic E-state index is -0.512. The standard InChI is InChI=1S/C16H19N3O4S/c1-10-2-5-12(6-13(10)19(22)23)16(21)18-9-24-8-14(18)15(20)17-7-11-3-4-11/h2,5-6,11,14H,3-4,7-9H2,1H3,(H,17,20)/t14-/m1/s1. The SMILES string of the molecule is Cc1ccc(C(=O)N2CSC[C@@H]2C(=O)NCC2CC2)cc1[N+](=O)[O-]. The average molecular weight is 349 g/mol. The third-order valence-corrected chi connectivity index (χ3v) is 5.37. The zero-order valence-corrected chi connectivity index (χ0v) is 14.2. The van der Waals surface area contributed by atoms with Crippen LogP contribution < -0.4 is 5.32 Å². The lowest BCUT2D eigenvalue weighted by Crippen LogP contribution is -2.47. The van der Waals surface area contributed by atoms with E-state index in [4.69, 9.17) is 0 Å². The Morgan fingerprint density at radius 3 is 2.83 bits per heavy atom. The first kappa shape index (κ1) is 16.8. The summed E-state index contributed by atoms with van der Waals surface area (Å²) in [4.78, 5) is 37.1. The summed E-state index contributed by atoms with van der Waals surface area (Å²) >= 11 is 1.52. The molecule has 8 heteroatoms. The van der Waals surface area contributed by atoms with Gasteiger partial charge in [0.05, 0.1) is 10.8 Å². The van der Waals surface area contributed by atoms with Gasteiger partial charge in [-0.05, 0) is 31.7 Å². The van der Waals surface area contributed by atoms with Crippen molar-refractivity contribution >= 4 is 29.3 Å². The van der Waals surface area contributed by atoms with Crippen molar-refractivity contribution in [3.05, 3.63) is 39.4 Å². The van der Waals surface area contributed by atoms with Crippen molar-refractivity contribution in [2.45, 2.75) is 25.8 Å². The van der Waals surface area contributed by atoms with Crippen molar-refractivity contribution in [3.8, 4) is 0 Å². The Bertz CT molecular complexity index is 690. The molecule has 128 valence electrons. The number of aryl methyl sites for hydroxylation is 1. The molecule has 2 amide bonds. The molecule has 24 heavy (non-hydrogen) atoms. The normalized spacial score (nSPS) is 20.0. The fourth-order valence-corrected chi connectivity index (χ4v) is 3.80. The van der Waals surface area contributed by atoms with Gasteiger partial charge in [-0.1, -0.05) is 6.07 Å². The number of nitro groups is 1. The fourth-order valence-electron chi connectivity index (χ4n) is 2.65. The summed E-state index contributed by atoms with van der Waals surface area (Å²) in [6, 6.07) is 3.92. The van der Waals surface area contributed by atoms with Gasteiger partial charge in [-0.2, -0.15) is 0 Å². The van der Waals surface area contributed by atoms with E-state index in [-0.39, 0.29) is 23.1 Å². The van der Waals surface area contributed by atoms with E-state index in [0.29, 0.717) is 29.7 Å². The topological polar surface area (TPSA) is 92.6 Å². The number of carbonyl (C=O) groups is 2. The van der Waals surface area contributed by atoms with E-state index < -0.39 is 11.0 Å². The lowest BCUT2D eigenvalue weighted by molar-refractivity contribution is -0.385. The van der Waals surface area contributed by atoms with Gasteiger partial charge in [0.2, 0.25) is 5.91 Å². The number of rotatable bonds is 5. The first-order valence-corrected chi connectivity index (χ1v) is 9.04. The number of amides is 2. The van der Waals surface area contributed by atoms with Crippen LogP contribution >= 0.6 is 11.8 Å². The van der Waals surface area contributed by atoms with E-state index in [9.17, 15) is 19.7 Å². The van der Waals surface area contributed by atoms with E-state index >= 15 is 0 Å². The minimum absolute atomic E-state index is 0.0811. The molecule has 0 spiro atoms. The van der Waals surface area contributed by atoms with Crippen LogP contribution in [0.2, 0.25) is 0 Å². The molecule has 1 saturated carbocycles. The van der Waals surface area contributed by atoms with Crippen molar-refractivity contribution in [3.63, 3.8) is 0 Å². The van der Waals surface area contributed by atoms with Crippen molar-refractivity contribution in [1.29, 1.82) is 0 Å². The molecular formula is C16H19N3O4S. The maximum Gasteiger partial charge on any atom is 0.273 e. The molecular weight excluding hydrogens is 330 g/mol. The van der Waals surface area contributed by atoms with E-state index in [2.05, 4.69) is 5.32 Å². The average Bonchev–Trinajstić information content (AvgIpc) is 3.26. The molecule has 1 aromatic rings. The monoisotopic (exact) mass is 349 g/mol. The van der Waals surface area contributed by atoms with Crippen LogP contribution in [-0.2, 0) is 4.79 Å². The smallest absolute Gasteiger partial charge is 0.273 e. The molecule has 3 rings (SSSR count). The Hall–Kier alpha value is -2.09. The predicted molar refractivity (Wildman–Crippen MR) is 90.8 cm³/mol. The first-order chi connectivity index (χ1) is 11.5. The van der Waals surface area contributed by atoms with Crippen molar-refractivity contribution in [1.82, 2.24) is 10.2 Å². The fraction of sp³-hybridized carbons (Fsp3) is 0.500. The summed E-state index contributed by atoms with van der Waals surface area (Å²) in [6.45, 7) is 2.30. The van der Waals surface area contributed by atoms with Gasteiger partial charge in [0, 0.05) is 29.5 Å². The molecule has 1 aliphatic carbocycles. The highest BCUT2D eigenvalue weighted by molar-refractivity contribution is 7.99. The lowest BCUT2D eigenvalue weighted by atomic mass is 10.1. The van der Waals surface area contributed by atoms with Crippen molar-refractivity contribution < 1.29 is 14.5 Å². The quantitative estimate of drug-likeness (QED) is 0.648. The van der Waals surface area contributed by atoms with Crippen LogP contribution in [0.25, 0.3) is 0 Å². The van der Waals surface area contributed by atoms with Gasteiger partial charge in [0.25, 0.3) is 11.6 Å². The van der Waals surface area contributed by atoms with Gasteiger partial charge >= 0.3 is 0 Å². The van der Waals surface area contributed by atoms with Gasteiger partial charge in [-0.25, -0.2) is 0 Å². The molecule has 7 nitrogen and oxygen atoms in total. The maximum atomic E-state index is 12.7. The highest BCUT2D eigenvalue weighted by atomic mass is 32.2. The highest BCUT2D eigenvalue weighted by Gasteiger charge is 2.36. The minimum Gasteiger partial charge on any atom is -0.354 e. The van der Waals surface area contributed by atoms with Gasteiger partial charge in [-0.3, -0.25) is 19.7 Å². The Morgan fingerprint density at radius 2 is 2.17 bits per heavy atom. The van der Waals surface area contributed by atoms with Crippen LogP contribution in [0.5, 0.6) is 0 Å². The Balaban J connectivity index is 1.74. The van der Waals surface area contributed by atoms with Gasteiger partial charge < -0.3 is 10.2 Å². The van der Waals surface area contributed by atoms with Crippen LogP contribution in [-0.4, -0.2) is 45.9 Å². The number of nitro benzene ring substituents is 1. The number of nitrogens with zero attached hydrogens (tertiary/aromatic N) is 2. The van der Waals surface area contributed by atoms with Crippen LogP contribution in [0.4, 0.5) is 5.69 Å². The Morgan fingerprint density at radius 1 is 1.42 bits per heavy atom. The number of hydrogen-bond donors (Lipinski definition) is 1. The molecule has 1 aromatic carbocycles. The molecule has 2 fully saturated rings. The number of hydrogen-bond acceptors (Lipinski definition) is 5. The lowest BCUT2D eigenvalue weighted by Gasteiger charge is -2.23. The van der Waals surface area contributed by atoms with Crippen molar-refractivity contribution in [2.75, 3.05) is 18.2 Å². The predicted octanol–water partition coefficient (Wildman–Crippen LogP) is 1.94. The summed E-state index contributed by atoms with van der Waals surface area (Å²) in [5, 5.41) is 14.0. The Labute approximate surface area is 143 Å². The van der Waals surface area contributed by atoms with E-state index in [1.54, 1.807) is 19.1 Å². The summed E-state index contributed by atoms with van der Waals surface area (Å²) in [5.41, 5.74) is 0.670. The summed E-state index contributed by atoms with van der Waals surface area (Å²) in [6.07, 6.45) is 2.30. The summed E-state index contributed by atoms with van der Waals surface area (Å²) < 4.78 is 0. The van der Waals surface area contributed by atoms with Crippen LogP contribution in [0.3, 0.4) is 0 Å². The third kappa shape index (κ3) is 3.53. The molecule has 0 aromatic heterocycles. The number of thioether (sulfide) groups is 1. The van der Waals surface area contributed by atoms with Gasteiger partial charge in [0.1, 0.15) is 6.04 Å². The largest absolute Gasteiger partial charge is 0.354 e. The molecule has 1 atom stereocenters. The molecule has 1 aliphatic heterocycles. The van der Waals surface area contributed by atoms with Crippen LogP contribution in [0.15, 0.2) is 18.2 Å². The second-order valence-corrected chi connectivity index (χ2v) is 7.24. The molecule has 1 saturated heterocycles. The first-order valence-electron chi connectivity index (χ1n) is 7.89. The van der Waals surface area contributed by atoms with Crippen LogP contribution in [0, 0.1) is 23.0 Å². The summed E-state index contributed by atoms with van der Waals surface area (Å²) in [7, 11) is 0. The van der Waals surface area contributed by atoms with Crippen molar-refractivity contribution in [2.24, 2.45) is 5.92 Å². The molecule has 0 radical (unpaired) electrons. The third-order valence-electron chi connectivity index (χ3n) is 4.36. The molecule has 0 bridgehead atoms. The molecule has 2 aliphatic rings. The molecule has 1 N–H and O–H groups in total. The van der Waals surface area contributed by atoms with E-state index in [1.807, 2.05) is 0 Å². The van der Waals surface area contributed by atoms with Crippen LogP contribution in [0.1, 0.15) is 28.8 Å². The van der Waals surface area contributed by atoms with Gasteiger partial charge in [0.15, 0.2) is 0 Å². The van der Waals surface area contributed by atoms with Gasteiger partial charge in [-0.15, -0.1) is 11.8 Å². The number of carbonyl (C=O) groups excluding carboxylic acids is 2. The molecule has 1 heterocycles. The molecule has 0 unspecified atom stereocenters. The number of benzene rings is 1. The second-order valence-electron chi connectivity index (χ2n) is 6.24. The van der Waals surface area contributed by atoms with E-state index in [1.165, 1.54) is 22.7 Å². The highest BCUT2D eigenvalue weighted by Crippen LogP contribution is 2.29. The maximum absolute atomic E-state index is 12.7. The Kier molecular flexibility index (Phi) is 4.75. The zero-order chi connectivity index (χ0) is 17.3. The zero-order valence-electron chi connectivity index (χ0n) is 13.4. The second kappa shape index (κ2) is 6.80.